The Morgan fingerprint density at radius 3 is 2.57 bits per heavy atom. The van der Waals surface area contributed by atoms with Crippen LogP contribution in [-0.4, -0.2) is 37.3 Å². The number of aryl methyl sites for hydroxylation is 1. The van der Waals surface area contributed by atoms with Crippen LogP contribution >= 0.6 is 0 Å². The molecule has 3 rings (SSSR count). The number of anilines is 2. The number of hydrogen-bond acceptors (Lipinski definition) is 4. The fraction of sp³-hybridized carbons (Fsp3) is 0.471. The zero-order valence-electron chi connectivity index (χ0n) is 13.2. The summed E-state index contributed by atoms with van der Waals surface area (Å²) in [6.07, 6.45) is 0.536. The highest BCUT2D eigenvalue weighted by Crippen LogP contribution is 2.29. The highest BCUT2D eigenvalue weighted by molar-refractivity contribution is 5.93. The molecule has 1 aliphatic heterocycles. The Kier molecular flexibility index (Phi) is 3.72. The zero-order valence-corrected chi connectivity index (χ0v) is 13.2. The molecule has 0 aliphatic carbocycles. The Bertz CT molecular complexity index is 646. The second kappa shape index (κ2) is 5.53. The monoisotopic (exact) mass is 285 g/mol. The minimum atomic E-state index is 0.268. The molecular weight excluding hydrogens is 262 g/mol. The van der Waals surface area contributed by atoms with E-state index in [9.17, 15) is 0 Å². The second-order valence-corrected chi connectivity index (χ2v) is 5.92. The van der Waals surface area contributed by atoms with Crippen LogP contribution in [0.25, 0.3) is 10.9 Å². The van der Waals surface area contributed by atoms with Crippen LogP contribution in [0.2, 0.25) is 0 Å². The minimum absolute atomic E-state index is 0.268. The first kappa shape index (κ1) is 14.1. The molecule has 0 radical (unpaired) electrons. The van der Waals surface area contributed by atoms with Crippen molar-refractivity contribution in [2.75, 3.05) is 30.4 Å². The van der Waals surface area contributed by atoms with Gasteiger partial charge in [0.2, 0.25) is 0 Å². The van der Waals surface area contributed by atoms with E-state index >= 15 is 0 Å². The number of pyridine rings is 1. The van der Waals surface area contributed by atoms with Gasteiger partial charge in [-0.05, 0) is 45.0 Å². The van der Waals surface area contributed by atoms with E-state index in [0.717, 1.165) is 30.0 Å². The van der Waals surface area contributed by atoms with Crippen LogP contribution in [0, 0.1) is 6.92 Å². The van der Waals surface area contributed by atoms with Crippen molar-refractivity contribution in [3.8, 4) is 0 Å². The highest BCUT2D eigenvalue weighted by Gasteiger charge is 2.22. The van der Waals surface area contributed by atoms with E-state index in [2.05, 4.69) is 53.3 Å². The molecule has 2 atom stereocenters. The number of hydrogen-bond donors (Lipinski definition) is 1. The topological polar surface area (TPSA) is 37.4 Å². The summed E-state index contributed by atoms with van der Waals surface area (Å²) in [5.74, 6) is 0. The van der Waals surface area contributed by atoms with E-state index < -0.39 is 0 Å². The number of rotatable bonds is 2. The quantitative estimate of drug-likeness (QED) is 0.919. The van der Waals surface area contributed by atoms with Gasteiger partial charge in [0.1, 0.15) is 0 Å². The standard InChI is InChI=1S/C17H23N3O/c1-11-7-17(18-4)15-8-14(5-6-16(15)19-11)20-9-12(2)21-13(3)10-20/h5-8,12-13H,9-10H2,1-4H3,(H,18,19). The molecule has 112 valence electrons. The molecular formula is C17H23N3O. The summed E-state index contributed by atoms with van der Waals surface area (Å²) in [4.78, 5) is 7.02. The first-order valence-electron chi connectivity index (χ1n) is 7.56. The molecule has 0 spiro atoms. The van der Waals surface area contributed by atoms with Crippen LogP contribution in [0.1, 0.15) is 19.5 Å². The summed E-state index contributed by atoms with van der Waals surface area (Å²) in [6, 6.07) is 8.61. The van der Waals surface area contributed by atoms with Crippen molar-refractivity contribution in [1.82, 2.24) is 4.98 Å². The highest BCUT2D eigenvalue weighted by atomic mass is 16.5. The smallest absolute Gasteiger partial charge is 0.0727 e. The molecule has 2 unspecified atom stereocenters. The maximum Gasteiger partial charge on any atom is 0.0727 e. The largest absolute Gasteiger partial charge is 0.388 e. The van der Waals surface area contributed by atoms with Gasteiger partial charge in [0, 0.05) is 42.6 Å². The summed E-state index contributed by atoms with van der Waals surface area (Å²) in [7, 11) is 1.96. The van der Waals surface area contributed by atoms with E-state index in [0.29, 0.717) is 0 Å². The SMILES string of the molecule is CNc1cc(C)nc2ccc(N3CC(C)OC(C)C3)cc12. The van der Waals surface area contributed by atoms with Crippen molar-refractivity contribution >= 4 is 22.3 Å². The molecule has 1 fully saturated rings. The maximum atomic E-state index is 5.82. The molecule has 4 heteroatoms. The summed E-state index contributed by atoms with van der Waals surface area (Å²) >= 11 is 0. The molecule has 1 N–H and O–H groups in total. The van der Waals surface area contributed by atoms with Crippen molar-refractivity contribution in [3.63, 3.8) is 0 Å². The van der Waals surface area contributed by atoms with Gasteiger partial charge < -0.3 is 15.0 Å². The lowest BCUT2D eigenvalue weighted by Crippen LogP contribution is -2.45. The third kappa shape index (κ3) is 2.81. The number of morpholine rings is 1. The van der Waals surface area contributed by atoms with Crippen LogP contribution in [-0.2, 0) is 4.74 Å². The molecule has 0 amide bonds. The van der Waals surface area contributed by atoms with Gasteiger partial charge in [-0.25, -0.2) is 0 Å². The molecule has 1 aliphatic rings. The first-order valence-corrected chi connectivity index (χ1v) is 7.56. The van der Waals surface area contributed by atoms with E-state index in [-0.39, 0.29) is 12.2 Å². The van der Waals surface area contributed by atoms with Crippen LogP contribution in [0.3, 0.4) is 0 Å². The van der Waals surface area contributed by atoms with Gasteiger partial charge in [-0.1, -0.05) is 0 Å². The maximum absolute atomic E-state index is 5.82. The first-order chi connectivity index (χ1) is 10.1. The summed E-state index contributed by atoms with van der Waals surface area (Å²) in [5, 5.41) is 4.45. The number of ether oxygens (including phenoxy) is 1. The van der Waals surface area contributed by atoms with Crippen molar-refractivity contribution in [2.24, 2.45) is 0 Å². The fourth-order valence-corrected chi connectivity index (χ4v) is 3.14. The predicted molar refractivity (Wildman–Crippen MR) is 88.2 cm³/mol. The number of benzene rings is 1. The Morgan fingerprint density at radius 2 is 1.90 bits per heavy atom. The molecule has 1 aromatic heterocycles. The van der Waals surface area contributed by atoms with Gasteiger partial charge in [0.15, 0.2) is 0 Å². The lowest BCUT2D eigenvalue weighted by molar-refractivity contribution is -0.00520. The van der Waals surface area contributed by atoms with Crippen LogP contribution in [0.15, 0.2) is 24.3 Å². The average Bonchev–Trinajstić information content (AvgIpc) is 2.44. The Hall–Kier alpha value is -1.81. The normalized spacial score (nSPS) is 22.6. The molecule has 1 saturated heterocycles. The predicted octanol–water partition coefficient (Wildman–Crippen LogP) is 3.20. The van der Waals surface area contributed by atoms with E-state index in [1.807, 2.05) is 14.0 Å². The molecule has 0 bridgehead atoms. The number of fused-ring (bicyclic) bond motifs is 1. The molecule has 4 nitrogen and oxygen atoms in total. The Labute approximate surface area is 126 Å². The van der Waals surface area contributed by atoms with Gasteiger partial charge in [0.25, 0.3) is 0 Å². The van der Waals surface area contributed by atoms with Gasteiger partial charge in [-0.2, -0.15) is 0 Å². The fourth-order valence-electron chi connectivity index (χ4n) is 3.14. The lowest BCUT2D eigenvalue weighted by atomic mass is 10.1. The minimum Gasteiger partial charge on any atom is -0.388 e. The van der Waals surface area contributed by atoms with Gasteiger partial charge in [-0.3, -0.25) is 4.98 Å². The van der Waals surface area contributed by atoms with Gasteiger partial charge in [0.05, 0.1) is 17.7 Å². The Morgan fingerprint density at radius 1 is 1.19 bits per heavy atom. The van der Waals surface area contributed by atoms with Crippen molar-refractivity contribution in [2.45, 2.75) is 33.0 Å². The third-order valence-corrected chi connectivity index (χ3v) is 3.97. The van der Waals surface area contributed by atoms with Gasteiger partial charge >= 0.3 is 0 Å². The van der Waals surface area contributed by atoms with E-state index in [4.69, 9.17) is 4.74 Å². The third-order valence-electron chi connectivity index (χ3n) is 3.97. The van der Waals surface area contributed by atoms with Crippen LogP contribution in [0.4, 0.5) is 11.4 Å². The van der Waals surface area contributed by atoms with E-state index in [1.54, 1.807) is 0 Å². The van der Waals surface area contributed by atoms with Crippen LogP contribution < -0.4 is 10.2 Å². The summed E-state index contributed by atoms with van der Waals surface area (Å²) in [6.45, 7) is 8.16. The van der Waals surface area contributed by atoms with E-state index in [1.165, 1.54) is 11.1 Å². The van der Waals surface area contributed by atoms with Crippen molar-refractivity contribution < 1.29 is 4.74 Å². The van der Waals surface area contributed by atoms with Crippen LogP contribution in [0.5, 0.6) is 0 Å². The number of aromatic nitrogens is 1. The number of nitrogens with zero attached hydrogens (tertiary/aromatic N) is 2. The summed E-state index contributed by atoms with van der Waals surface area (Å²) in [5.41, 5.74) is 4.45. The average molecular weight is 285 g/mol. The molecule has 0 saturated carbocycles. The molecule has 1 aromatic carbocycles. The molecule has 2 aromatic rings. The Balaban J connectivity index is 2.02. The number of nitrogens with one attached hydrogen (secondary N) is 1. The van der Waals surface area contributed by atoms with Crippen molar-refractivity contribution in [1.29, 1.82) is 0 Å². The lowest BCUT2D eigenvalue weighted by Gasteiger charge is -2.37. The second-order valence-electron chi connectivity index (χ2n) is 5.92. The van der Waals surface area contributed by atoms with Gasteiger partial charge in [-0.15, -0.1) is 0 Å². The molecule has 21 heavy (non-hydrogen) atoms. The summed E-state index contributed by atoms with van der Waals surface area (Å²) < 4.78 is 5.82. The zero-order chi connectivity index (χ0) is 15.0. The van der Waals surface area contributed by atoms with Crippen molar-refractivity contribution in [3.05, 3.63) is 30.0 Å². The molecule has 2 heterocycles.